The van der Waals surface area contributed by atoms with Crippen LogP contribution in [0.25, 0.3) is 0 Å². The van der Waals surface area contributed by atoms with Gasteiger partial charge in [0.05, 0.1) is 4.90 Å². The molecule has 3 aliphatic heterocycles. The third-order valence-electron chi connectivity index (χ3n) is 5.12. The van der Waals surface area contributed by atoms with Gasteiger partial charge in [-0.15, -0.1) is 0 Å². The summed E-state index contributed by atoms with van der Waals surface area (Å²) in [5, 5.41) is 3.31. The van der Waals surface area contributed by atoms with Gasteiger partial charge in [0.25, 0.3) is 0 Å². The van der Waals surface area contributed by atoms with Gasteiger partial charge < -0.3 is 5.32 Å². The van der Waals surface area contributed by atoms with Crippen LogP contribution >= 0.6 is 0 Å². The molecule has 3 fully saturated rings. The molecular formula is C14H16F2N2O2S. The second-order valence-corrected chi connectivity index (χ2v) is 7.98. The highest BCUT2D eigenvalue weighted by molar-refractivity contribution is 7.89. The van der Waals surface area contributed by atoms with E-state index in [-0.39, 0.29) is 17.0 Å². The molecule has 1 aromatic carbocycles. The monoisotopic (exact) mass is 314 g/mol. The summed E-state index contributed by atoms with van der Waals surface area (Å²) in [5.74, 6) is -1.06. The summed E-state index contributed by atoms with van der Waals surface area (Å²) in [7, 11) is -3.84. The molecule has 0 amide bonds. The standard InChI is InChI=1S/C14H16F2N2O2S/c15-8-3-9(16)5-10(4-8)21(19,20)18-13-1-2-14(18)12-7-17-6-11(12)13/h3-5,11-14,17H,1-2,6-7H2/t11-,12+,13-,14+. The van der Waals surface area contributed by atoms with Gasteiger partial charge in [-0.2, -0.15) is 4.31 Å². The topological polar surface area (TPSA) is 49.4 Å². The molecule has 0 unspecified atom stereocenters. The Morgan fingerprint density at radius 1 is 1.00 bits per heavy atom. The molecule has 3 heterocycles. The molecule has 7 heteroatoms. The summed E-state index contributed by atoms with van der Waals surface area (Å²) in [6, 6.07) is 2.43. The molecule has 4 rings (SSSR count). The van der Waals surface area contributed by atoms with Crippen molar-refractivity contribution >= 4 is 10.0 Å². The summed E-state index contributed by atoms with van der Waals surface area (Å²) < 4.78 is 53.8. The van der Waals surface area contributed by atoms with E-state index in [0.717, 1.165) is 38.1 Å². The molecule has 1 N–H and O–H groups in total. The molecule has 0 aromatic heterocycles. The highest BCUT2D eigenvalue weighted by Crippen LogP contribution is 2.49. The number of nitrogens with one attached hydrogen (secondary N) is 1. The van der Waals surface area contributed by atoms with Crippen LogP contribution in [0.15, 0.2) is 23.1 Å². The lowest BCUT2D eigenvalue weighted by molar-refractivity contribution is 0.354. The number of sulfonamides is 1. The molecule has 21 heavy (non-hydrogen) atoms. The van der Waals surface area contributed by atoms with Crippen LogP contribution in [0.1, 0.15) is 12.8 Å². The molecule has 0 radical (unpaired) electrons. The van der Waals surface area contributed by atoms with Crippen molar-refractivity contribution in [2.75, 3.05) is 13.1 Å². The van der Waals surface area contributed by atoms with Crippen molar-refractivity contribution in [3.05, 3.63) is 29.8 Å². The van der Waals surface area contributed by atoms with Gasteiger partial charge in [0, 0.05) is 18.2 Å². The summed E-state index contributed by atoms with van der Waals surface area (Å²) in [6.45, 7) is 1.66. The average Bonchev–Trinajstić information content (AvgIpc) is 3.09. The minimum atomic E-state index is -3.84. The van der Waals surface area contributed by atoms with E-state index in [4.69, 9.17) is 0 Å². The second-order valence-electron chi connectivity index (χ2n) is 6.14. The van der Waals surface area contributed by atoms with Gasteiger partial charge in [0.2, 0.25) is 10.0 Å². The minimum absolute atomic E-state index is 0.0358. The van der Waals surface area contributed by atoms with E-state index in [9.17, 15) is 17.2 Å². The van der Waals surface area contributed by atoms with Gasteiger partial charge in [-0.1, -0.05) is 0 Å². The van der Waals surface area contributed by atoms with E-state index < -0.39 is 21.7 Å². The number of halogens is 2. The first kappa shape index (κ1) is 13.6. The van der Waals surface area contributed by atoms with Crippen molar-refractivity contribution < 1.29 is 17.2 Å². The molecule has 2 bridgehead atoms. The fourth-order valence-electron chi connectivity index (χ4n) is 4.37. The Morgan fingerprint density at radius 2 is 1.52 bits per heavy atom. The van der Waals surface area contributed by atoms with Gasteiger partial charge in [0.15, 0.2) is 0 Å². The predicted molar refractivity (Wildman–Crippen MR) is 72.0 cm³/mol. The molecule has 114 valence electrons. The largest absolute Gasteiger partial charge is 0.316 e. The second kappa shape index (κ2) is 4.47. The van der Waals surface area contributed by atoms with Crippen LogP contribution in [-0.2, 0) is 10.0 Å². The molecule has 0 aliphatic carbocycles. The Labute approximate surface area is 122 Å². The highest BCUT2D eigenvalue weighted by Gasteiger charge is 2.58. The first-order chi connectivity index (χ1) is 9.98. The lowest BCUT2D eigenvalue weighted by Gasteiger charge is -2.24. The van der Waals surface area contributed by atoms with Crippen molar-refractivity contribution in [2.24, 2.45) is 11.8 Å². The maximum Gasteiger partial charge on any atom is 0.243 e. The number of hydrogen-bond donors (Lipinski definition) is 1. The van der Waals surface area contributed by atoms with E-state index in [1.807, 2.05) is 0 Å². The van der Waals surface area contributed by atoms with Gasteiger partial charge in [-0.05, 0) is 49.9 Å². The van der Waals surface area contributed by atoms with Crippen molar-refractivity contribution in [1.29, 1.82) is 0 Å². The lowest BCUT2D eigenvalue weighted by Crippen LogP contribution is -2.39. The Morgan fingerprint density at radius 3 is 2.05 bits per heavy atom. The quantitative estimate of drug-likeness (QED) is 0.896. The van der Waals surface area contributed by atoms with Crippen LogP contribution in [0.4, 0.5) is 8.78 Å². The number of nitrogens with zero attached hydrogens (tertiary/aromatic N) is 1. The third kappa shape index (κ3) is 1.87. The normalized spacial score (nSPS) is 35.3. The molecule has 4 nitrogen and oxygen atoms in total. The zero-order valence-corrected chi connectivity index (χ0v) is 12.1. The number of rotatable bonds is 2. The minimum Gasteiger partial charge on any atom is -0.316 e. The van der Waals surface area contributed by atoms with Crippen molar-refractivity contribution in [3.63, 3.8) is 0 Å². The molecule has 3 saturated heterocycles. The van der Waals surface area contributed by atoms with Crippen molar-refractivity contribution in [1.82, 2.24) is 9.62 Å². The fourth-order valence-corrected chi connectivity index (χ4v) is 6.37. The van der Waals surface area contributed by atoms with Gasteiger partial charge in [-0.25, -0.2) is 17.2 Å². The maximum absolute atomic E-state index is 13.4. The lowest BCUT2D eigenvalue weighted by atomic mass is 9.82. The molecule has 4 atom stereocenters. The molecule has 1 aromatic rings. The zero-order chi connectivity index (χ0) is 14.8. The van der Waals surface area contributed by atoms with Crippen molar-refractivity contribution in [2.45, 2.75) is 29.8 Å². The molecule has 0 saturated carbocycles. The number of hydrogen-bond acceptors (Lipinski definition) is 3. The van der Waals surface area contributed by atoms with Crippen LogP contribution in [0.3, 0.4) is 0 Å². The van der Waals surface area contributed by atoms with E-state index >= 15 is 0 Å². The predicted octanol–water partition coefficient (Wildman–Crippen LogP) is 1.34. The van der Waals surface area contributed by atoms with Crippen LogP contribution in [0, 0.1) is 23.5 Å². The van der Waals surface area contributed by atoms with E-state index in [2.05, 4.69) is 5.32 Å². The molecular weight excluding hydrogens is 298 g/mol. The zero-order valence-electron chi connectivity index (χ0n) is 11.3. The van der Waals surface area contributed by atoms with E-state index in [1.165, 1.54) is 4.31 Å². The van der Waals surface area contributed by atoms with Gasteiger partial charge in [0.1, 0.15) is 11.6 Å². The SMILES string of the molecule is O=S(=O)(c1cc(F)cc(F)c1)N1[C@@H]2CC[C@H]1[C@H]1CNC[C@H]12. The summed E-state index contributed by atoms with van der Waals surface area (Å²) in [5.41, 5.74) is 0. The number of fused-ring (bicyclic) bond motifs is 5. The molecule has 0 spiro atoms. The van der Waals surface area contributed by atoms with Gasteiger partial charge in [-0.3, -0.25) is 0 Å². The van der Waals surface area contributed by atoms with Crippen LogP contribution < -0.4 is 5.32 Å². The Hall–Kier alpha value is -1.05. The highest BCUT2D eigenvalue weighted by atomic mass is 32.2. The van der Waals surface area contributed by atoms with Crippen molar-refractivity contribution in [3.8, 4) is 0 Å². The van der Waals surface area contributed by atoms with E-state index in [1.54, 1.807) is 0 Å². The Bertz CT molecular complexity index is 656. The molecule has 3 aliphatic rings. The maximum atomic E-state index is 13.4. The first-order valence-corrected chi connectivity index (χ1v) is 8.63. The summed E-state index contributed by atoms with van der Waals surface area (Å²) in [4.78, 5) is -0.273. The Balaban J connectivity index is 1.76. The average molecular weight is 314 g/mol. The van der Waals surface area contributed by atoms with Gasteiger partial charge >= 0.3 is 0 Å². The van der Waals surface area contributed by atoms with Crippen LogP contribution in [0.2, 0.25) is 0 Å². The van der Waals surface area contributed by atoms with E-state index in [0.29, 0.717) is 17.9 Å². The smallest absolute Gasteiger partial charge is 0.243 e. The fraction of sp³-hybridized carbons (Fsp3) is 0.571. The van der Waals surface area contributed by atoms with Crippen LogP contribution in [-0.4, -0.2) is 37.9 Å². The third-order valence-corrected chi connectivity index (χ3v) is 7.05. The number of benzene rings is 1. The summed E-state index contributed by atoms with van der Waals surface area (Å²) in [6.07, 6.45) is 1.68. The first-order valence-electron chi connectivity index (χ1n) is 7.19. The Kier molecular flexibility index (Phi) is 2.90. The van der Waals surface area contributed by atoms with Crippen LogP contribution in [0.5, 0.6) is 0 Å². The summed E-state index contributed by atoms with van der Waals surface area (Å²) >= 11 is 0.